The van der Waals surface area contributed by atoms with Gasteiger partial charge >= 0.3 is 6.03 Å². The molecule has 30 heavy (non-hydrogen) atoms. The van der Waals surface area contributed by atoms with E-state index in [1.165, 1.54) is 18.3 Å². The first-order valence-corrected chi connectivity index (χ1v) is 10.2. The van der Waals surface area contributed by atoms with E-state index in [2.05, 4.69) is 27.1 Å². The Morgan fingerprint density at radius 1 is 1.27 bits per heavy atom. The zero-order valence-corrected chi connectivity index (χ0v) is 17.6. The number of aliphatic imine (C=N–C) groups is 1. The normalized spacial score (nSPS) is 27.0. The number of nitrogens with one attached hydrogen (secondary N) is 1. The average molecular weight is 413 g/mol. The van der Waals surface area contributed by atoms with Gasteiger partial charge < -0.3 is 20.0 Å². The van der Waals surface area contributed by atoms with Gasteiger partial charge in [-0.2, -0.15) is 0 Å². The second-order valence-corrected chi connectivity index (χ2v) is 8.09. The summed E-state index contributed by atoms with van der Waals surface area (Å²) >= 11 is 0. The number of carbonyl (C=O) groups is 3. The lowest BCUT2D eigenvalue weighted by Gasteiger charge is -2.40. The zero-order chi connectivity index (χ0) is 21.6. The van der Waals surface area contributed by atoms with Crippen molar-refractivity contribution in [2.75, 3.05) is 30.9 Å². The van der Waals surface area contributed by atoms with Crippen LogP contribution >= 0.6 is 0 Å². The van der Waals surface area contributed by atoms with Crippen molar-refractivity contribution in [3.63, 3.8) is 0 Å². The van der Waals surface area contributed by atoms with Gasteiger partial charge in [-0.05, 0) is 38.8 Å². The average Bonchev–Trinajstić information content (AvgIpc) is 3.36. The van der Waals surface area contributed by atoms with Crippen molar-refractivity contribution in [1.29, 1.82) is 0 Å². The number of imide groups is 1. The summed E-state index contributed by atoms with van der Waals surface area (Å²) in [6.45, 7) is 4.84. The van der Waals surface area contributed by atoms with Crippen LogP contribution in [0.4, 0.5) is 16.4 Å². The molecule has 0 radical (unpaired) electrons. The first-order chi connectivity index (χ1) is 14.3. The van der Waals surface area contributed by atoms with Gasteiger partial charge in [-0.1, -0.05) is 6.07 Å². The SMILES string of the molecule is C[C@H]1CCCN1c1cccc(NC(=O)[C@H](C)N2C=NC3C2C(=O)N(C)C(=O)N3C)n1. The molecule has 0 bridgehead atoms. The number of anilines is 2. The van der Waals surface area contributed by atoms with Crippen molar-refractivity contribution in [3.8, 4) is 0 Å². The van der Waals surface area contributed by atoms with E-state index in [9.17, 15) is 14.4 Å². The second-order valence-electron chi connectivity index (χ2n) is 8.09. The van der Waals surface area contributed by atoms with Gasteiger partial charge in [-0.3, -0.25) is 14.5 Å². The summed E-state index contributed by atoms with van der Waals surface area (Å²) in [6.07, 6.45) is 3.11. The van der Waals surface area contributed by atoms with Crippen LogP contribution in [0, 0.1) is 0 Å². The molecule has 160 valence electrons. The van der Waals surface area contributed by atoms with Crippen molar-refractivity contribution >= 4 is 35.8 Å². The largest absolute Gasteiger partial charge is 0.354 e. The zero-order valence-electron chi connectivity index (χ0n) is 17.6. The Labute approximate surface area is 175 Å². The Morgan fingerprint density at radius 3 is 2.73 bits per heavy atom. The fourth-order valence-electron chi connectivity index (χ4n) is 4.30. The lowest BCUT2D eigenvalue weighted by atomic mass is 10.1. The number of likely N-dealkylation sites (N-methyl/N-ethyl adjacent to an activating group) is 2. The number of nitrogens with zero attached hydrogens (tertiary/aromatic N) is 6. The molecule has 4 heterocycles. The summed E-state index contributed by atoms with van der Waals surface area (Å²) in [5, 5.41) is 2.85. The van der Waals surface area contributed by atoms with E-state index in [4.69, 9.17) is 0 Å². The quantitative estimate of drug-likeness (QED) is 0.789. The number of carbonyl (C=O) groups excluding carboxylic acids is 3. The minimum absolute atomic E-state index is 0.295. The maximum absolute atomic E-state index is 12.9. The van der Waals surface area contributed by atoms with E-state index < -0.39 is 24.3 Å². The van der Waals surface area contributed by atoms with Crippen LogP contribution in [0.15, 0.2) is 23.2 Å². The van der Waals surface area contributed by atoms with Crippen molar-refractivity contribution < 1.29 is 14.4 Å². The molecular formula is C20H27N7O3. The highest BCUT2D eigenvalue weighted by molar-refractivity contribution is 6.03. The van der Waals surface area contributed by atoms with E-state index in [0.717, 1.165) is 30.1 Å². The number of hydrogen-bond donors (Lipinski definition) is 1. The number of amides is 4. The van der Waals surface area contributed by atoms with E-state index in [-0.39, 0.29) is 11.8 Å². The first kappa shape index (κ1) is 20.1. The molecule has 0 saturated carbocycles. The van der Waals surface area contributed by atoms with Crippen LogP contribution in [0.5, 0.6) is 0 Å². The Hall–Kier alpha value is -3.17. The van der Waals surface area contributed by atoms with E-state index in [1.807, 2.05) is 12.1 Å². The highest BCUT2D eigenvalue weighted by atomic mass is 16.2. The molecular weight excluding hydrogens is 386 g/mol. The molecule has 4 atom stereocenters. The van der Waals surface area contributed by atoms with Gasteiger partial charge in [0.05, 0.1) is 6.34 Å². The van der Waals surface area contributed by atoms with Crippen LogP contribution < -0.4 is 10.2 Å². The molecule has 0 aromatic carbocycles. The van der Waals surface area contributed by atoms with Crippen LogP contribution in [0.25, 0.3) is 0 Å². The van der Waals surface area contributed by atoms with Crippen molar-refractivity contribution in [2.45, 2.75) is 51.0 Å². The summed E-state index contributed by atoms with van der Waals surface area (Å²) in [5.74, 6) is 0.646. The molecule has 1 aromatic rings. The van der Waals surface area contributed by atoms with Gasteiger partial charge in [-0.15, -0.1) is 0 Å². The van der Waals surface area contributed by atoms with Crippen LogP contribution in [-0.2, 0) is 9.59 Å². The number of rotatable bonds is 4. The number of pyridine rings is 1. The van der Waals surface area contributed by atoms with E-state index in [1.54, 1.807) is 24.9 Å². The standard InChI is InChI=1S/C20H27N7O3/c1-12-7-6-10-26(12)15-9-5-8-14(22-15)23-18(28)13(2)27-11-21-17-16(27)19(29)25(4)20(30)24(17)3/h5,8-9,11-13,16-17H,6-7,10H2,1-4H3,(H,22,23,28)/t12-,13-,16?,17?/m0/s1. The summed E-state index contributed by atoms with van der Waals surface area (Å²) in [4.78, 5) is 53.0. The molecule has 2 unspecified atom stereocenters. The van der Waals surface area contributed by atoms with E-state index in [0.29, 0.717) is 11.9 Å². The summed E-state index contributed by atoms with van der Waals surface area (Å²) < 4.78 is 0. The maximum Gasteiger partial charge on any atom is 0.328 e. The summed E-state index contributed by atoms with van der Waals surface area (Å²) in [6, 6.07) is 4.20. The minimum atomic E-state index is -0.719. The number of hydrogen-bond acceptors (Lipinski definition) is 7. The second kappa shape index (κ2) is 7.58. The molecule has 2 saturated heterocycles. The molecule has 1 aromatic heterocycles. The van der Waals surface area contributed by atoms with Crippen molar-refractivity contribution in [2.24, 2.45) is 4.99 Å². The molecule has 2 fully saturated rings. The summed E-state index contributed by atoms with van der Waals surface area (Å²) in [7, 11) is 3.04. The predicted molar refractivity (Wildman–Crippen MR) is 112 cm³/mol. The Bertz CT molecular complexity index is 904. The van der Waals surface area contributed by atoms with Gasteiger partial charge in [-0.25, -0.2) is 14.8 Å². The van der Waals surface area contributed by atoms with Gasteiger partial charge in [0.2, 0.25) is 5.91 Å². The Morgan fingerprint density at radius 2 is 2.03 bits per heavy atom. The van der Waals surface area contributed by atoms with Gasteiger partial charge in [0.1, 0.15) is 17.7 Å². The number of aromatic nitrogens is 1. The molecule has 10 nitrogen and oxygen atoms in total. The number of urea groups is 1. The summed E-state index contributed by atoms with van der Waals surface area (Å²) in [5.41, 5.74) is 0. The molecule has 4 amide bonds. The maximum atomic E-state index is 12.9. The molecule has 1 N–H and O–H groups in total. The third-order valence-corrected chi connectivity index (χ3v) is 6.18. The van der Waals surface area contributed by atoms with Crippen molar-refractivity contribution in [1.82, 2.24) is 19.7 Å². The topological polar surface area (TPSA) is 101 Å². The van der Waals surface area contributed by atoms with Gasteiger partial charge in [0.15, 0.2) is 12.2 Å². The lowest BCUT2D eigenvalue weighted by Crippen LogP contribution is -2.65. The number of fused-ring (bicyclic) bond motifs is 1. The van der Waals surface area contributed by atoms with Crippen LogP contribution in [0.1, 0.15) is 26.7 Å². The third kappa shape index (κ3) is 3.25. The highest BCUT2D eigenvalue weighted by Gasteiger charge is 2.50. The monoisotopic (exact) mass is 413 g/mol. The van der Waals surface area contributed by atoms with Crippen molar-refractivity contribution in [3.05, 3.63) is 18.2 Å². The lowest BCUT2D eigenvalue weighted by molar-refractivity contribution is -0.137. The Balaban J connectivity index is 1.48. The molecule has 10 heteroatoms. The first-order valence-electron chi connectivity index (χ1n) is 10.2. The predicted octanol–water partition coefficient (Wildman–Crippen LogP) is 0.960. The molecule has 0 spiro atoms. The van der Waals surface area contributed by atoms with Gasteiger partial charge in [0.25, 0.3) is 5.91 Å². The molecule has 3 aliphatic heterocycles. The minimum Gasteiger partial charge on any atom is -0.354 e. The van der Waals surface area contributed by atoms with Crippen LogP contribution in [0.3, 0.4) is 0 Å². The van der Waals surface area contributed by atoms with Gasteiger partial charge in [0, 0.05) is 26.7 Å². The molecule has 4 rings (SSSR count). The highest BCUT2D eigenvalue weighted by Crippen LogP contribution is 2.27. The van der Waals surface area contributed by atoms with Crippen LogP contribution in [-0.4, -0.2) is 88.8 Å². The molecule has 0 aliphatic carbocycles. The Kier molecular flexibility index (Phi) is 5.08. The fourth-order valence-corrected chi connectivity index (χ4v) is 4.30. The fraction of sp³-hybridized carbons (Fsp3) is 0.550. The molecule has 3 aliphatic rings. The van der Waals surface area contributed by atoms with E-state index >= 15 is 0 Å². The third-order valence-electron chi connectivity index (χ3n) is 6.18. The smallest absolute Gasteiger partial charge is 0.328 e. The van der Waals surface area contributed by atoms with Crippen LogP contribution in [0.2, 0.25) is 0 Å².